The molecule has 0 radical (unpaired) electrons. The smallest absolute Gasteiger partial charge is 0.369 e. The molecule has 1 aliphatic heterocycles. The fraction of sp³-hybridized carbons (Fsp3) is 0.292. The number of halogens is 3. The lowest BCUT2D eigenvalue weighted by Gasteiger charge is -2.35. The number of nitrogens with two attached hydrogens (primary N) is 1. The first-order valence-electron chi connectivity index (χ1n) is 11.3. The molecule has 0 atom stereocenters. The number of rotatable bonds is 5. The molecular formula is C24H25F3N8. The second-order valence-corrected chi connectivity index (χ2v) is 8.42. The number of nitrogens with zero attached hydrogens (tertiary/aromatic N) is 5. The first-order valence-corrected chi connectivity index (χ1v) is 11.3. The van der Waals surface area contributed by atoms with Gasteiger partial charge in [0.15, 0.2) is 0 Å². The van der Waals surface area contributed by atoms with Gasteiger partial charge in [0.1, 0.15) is 11.4 Å². The van der Waals surface area contributed by atoms with Gasteiger partial charge in [-0.3, -0.25) is 5.10 Å². The predicted octanol–water partition coefficient (Wildman–Crippen LogP) is 4.51. The molecular weight excluding hydrogens is 457 g/mol. The molecule has 1 saturated heterocycles. The highest BCUT2D eigenvalue weighted by molar-refractivity contribution is 5.83. The molecule has 35 heavy (non-hydrogen) atoms. The lowest BCUT2D eigenvalue weighted by atomic mass is 10.0. The number of aromatic nitrogens is 4. The normalized spacial score (nSPS) is 15.0. The van der Waals surface area contributed by atoms with Crippen molar-refractivity contribution in [2.75, 3.05) is 48.7 Å². The third-order valence-electron chi connectivity index (χ3n) is 6.24. The highest BCUT2D eigenvalue weighted by Gasteiger charge is 2.39. The van der Waals surface area contributed by atoms with Crippen LogP contribution < -0.4 is 16.0 Å². The summed E-state index contributed by atoms with van der Waals surface area (Å²) in [5.41, 5.74) is 7.09. The van der Waals surface area contributed by atoms with Gasteiger partial charge in [-0.1, -0.05) is 19.1 Å². The number of alkyl halides is 3. The zero-order valence-electron chi connectivity index (χ0n) is 19.1. The minimum absolute atomic E-state index is 0.250. The van der Waals surface area contributed by atoms with Gasteiger partial charge in [0.2, 0.25) is 5.95 Å². The maximum atomic E-state index is 14.3. The Morgan fingerprint density at radius 1 is 1.03 bits per heavy atom. The zero-order valence-corrected chi connectivity index (χ0v) is 19.1. The van der Waals surface area contributed by atoms with Crippen molar-refractivity contribution in [1.29, 1.82) is 0 Å². The van der Waals surface area contributed by atoms with E-state index in [0.717, 1.165) is 49.3 Å². The molecule has 4 aromatic rings. The van der Waals surface area contributed by atoms with Crippen molar-refractivity contribution >= 4 is 34.0 Å². The third kappa shape index (κ3) is 4.72. The fourth-order valence-electron chi connectivity index (χ4n) is 4.36. The van der Waals surface area contributed by atoms with Gasteiger partial charge in [0, 0.05) is 48.5 Å². The summed E-state index contributed by atoms with van der Waals surface area (Å²) in [6, 6.07) is 12.0. The molecule has 1 fully saturated rings. The van der Waals surface area contributed by atoms with Gasteiger partial charge in [-0.05, 0) is 36.9 Å². The van der Waals surface area contributed by atoms with Gasteiger partial charge in [-0.25, -0.2) is 4.98 Å². The number of likely N-dealkylation sites (N-methyl/N-ethyl adjacent to an activating group) is 1. The Hall–Kier alpha value is -3.86. The van der Waals surface area contributed by atoms with Crippen molar-refractivity contribution in [2.24, 2.45) is 0 Å². The Bertz CT molecular complexity index is 1330. The SMILES string of the molecule is CCN1CCN(c2ccc(-c3nc(N)nc(Nc4ccc5[nH]ncc5c4)c3C(F)(F)F)cc2)CC1. The first-order chi connectivity index (χ1) is 16.8. The Morgan fingerprint density at radius 3 is 2.46 bits per heavy atom. The van der Waals surface area contributed by atoms with Crippen molar-refractivity contribution in [1.82, 2.24) is 25.1 Å². The Balaban J connectivity index is 1.49. The lowest BCUT2D eigenvalue weighted by molar-refractivity contribution is -0.136. The second kappa shape index (κ2) is 9.06. The second-order valence-electron chi connectivity index (χ2n) is 8.42. The maximum absolute atomic E-state index is 14.3. The lowest BCUT2D eigenvalue weighted by Crippen LogP contribution is -2.46. The van der Waals surface area contributed by atoms with E-state index in [2.05, 4.69) is 42.2 Å². The van der Waals surface area contributed by atoms with E-state index in [4.69, 9.17) is 5.73 Å². The van der Waals surface area contributed by atoms with Crippen molar-refractivity contribution in [3.8, 4) is 11.3 Å². The number of benzene rings is 2. The van der Waals surface area contributed by atoms with E-state index in [0.29, 0.717) is 11.3 Å². The molecule has 0 saturated carbocycles. The van der Waals surface area contributed by atoms with Crippen molar-refractivity contribution in [3.05, 3.63) is 54.2 Å². The van der Waals surface area contributed by atoms with Gasteiger partial charge in [0.05, 0.1) is 17.4 Å². The van der Waals surface area contributed by atoms with Gasteiger partial charge < -0.3 is 20.9 Å². The van der Waals surface area contributed by atoms with E-state index in [-0.39, 0.29) is 11.6 Å². The maximum Gasteiger partial charge on any atom is 0.422 e. The van der Waals surface area contributed by atoms with Crippen LogP contribution >= 0.6 is 0 Å². The molecule has 11 heteroatoms. The zero-order chi connectivity index (χ0) is 24.6. The first kappa shape index (κ1) is 22.9. The van der Waals surface area contributed by atoms with E-state index >= 15 is 0 Å². The summed E-state index contributed by atoms with van der Waals surface area (Å²) in [6.07, 6.45) is -3.12. The highest BCUT2D eigenvalue weighted by atomic mass is 19.4. The quantitative estimate of drug-likeness (QED) is 0.385. The Kier molecular flexibility index (Phi) is 5.93. The molecule has 0 bridgehead atoms. The Labute approximate surface area is 200 Å². The third-order valence-corrected chi connectivity index (χ3v) is 6.24. The van der Waals surface area contributed by atoms with Gasteiger partial charge in [-0.2, -0.15) is 23.3 Å². The molecule has 2 aromatic heterocycles. The number of nitrogens with one attached hydrogen (secondary N) is 2. The average Bonchev–Trinajstić information content (AvgIpc) is 3.31. The standard InChI is InChI=1S/C24H25F3N8/c1-2-34-9-11-35(12-10-34)18-6-3-15(4-7-18)21-20(24(25,26)27)22(32-23(28)31-21)30-17-5-8-19-16(13-17)14-29-33-19/h3-8,13-14H,2,9-12H2,1H3,(H,29,33)(H3,28,30,31,32). The number of aromatic amines is 1. The van der Waals surface area contributed by atoms with Crippen LogP contribution in [0.2, 0.25) is 0 Å². The number of hydrogen-bond acceptors (Lipinski definition) is 7. The van der Waals surface area contributed by atoms with Gasteiger partial charge in [-0.15, -0.1) is 0 Å². The van der Waals surface area contributed by atoms with Crippen molar-refractivity contribution in [3.63, 3.8) is 0 Å². The van der Waals surface area contributed by atoms with Crippen molar-refractivity contribution in [2.45, 2.75) is 13.1 Å². The largest absolute Gasteiger partial charge is 0.422 e. The number of H-pyrrole nitrogens is 1. The summed E-state index contributed by atoms with van der Waals surface area (Å²) in [7, 11) is 0. The summed E-state index contributed by atoms with van der Waals surface area (Å²) in [6.45, 7) is 6.80. The van der Waals surface area contributed by atoms with E-state index < -0.39 is 17.6 Å². The summed E-state index contributed by atoms with van der Waals surface area (Å²) in [4.78, 5) is 12.5. The summed E-state index contributed by atoms with van der Waals surface area (Å²) < 4.78 is 42.9. The molecule has 0 unspecified atom stereocenters. The van der Waals surface area contributed by atoms with E-state index in [9.17, 15) is 13.2 Å². The monoisotopic (exact) mass is 482 g/mol. The highest BCUT2D eigenvalue weighted by Crippen LogP contribution is 2.41. The van der Waals surface area contributed by atoms with Crippen LogP contribution in [0.15, 0.2) is 48.7 Å². The molecule has 5 rings (SSSR count). The van der Waals surface area contributed by atoms with Crippen molar-refractivity contribution < 1.29 is 13.2 Å². The number of fused-ring (bicyclic) bond motifs is 1. The number of anilines is 4. The molecule has 0 spiro atoms. The van der Waals surface area contributed by atoms with Crippen LogP contribution in [0, 0.1) is 0 Å². The average molecular weight is 483 g/mol. The fourth-order valence-corrected chi connectivity index (χ4v) is 4.36. The topological polar surface area (TPSA) is 99.0 Å². The van der Waals surface area contributed by atoms with Crippen LogP contribution in [0.1, 0.15) is 12.5 Å². The van der Waals surface area contributed by atoms with Gasteiger partial charge in [0.25, 0.3) is 0 Å². The molecule has 0 amide bonds. The minimum atomic E-state index is -4.71. The molecule has 1 aliphatic rings. The van der Waals surface area contributed by atoms with Crippen LogP contribution in [0.25, 0.3) is 22.2 Å². The summed E-state index contributed by atoms with van der Waals surface area (Å²) in [5.74, 6) is -0.651. The summed E-state index contributed by atoms with van der Waals surface area (Å²) in [5, 5.41) is 10.3. The van der Waals surface area contributed by atoms with Crippen LogP contribution in [-0.4, -0.2) is 57.8 Å². The number of piperazine rings is 1. The molecule has 4 N–H and O–H groups in total. The molecule has 3 heterocycles. The molecule has 8 nitrogen and oxygen atoms in total. The molecule has 182 valence electrons. The predicted molar refractivity (Wildman–Crippen MR) is 131 cm³/mol. The Morgan fingerprint density at radius 2 is 1.77 bits per heavy atom. The van der Waals surface area contributed by atoms with Crippen LogP contribution in [0.5, 0.6) is 0 Å². The van der Waals surface area contributed by atoms with E-state index in [1.165, 1.54) is 0 Å². The number of nitrogen functional groups attached to an aromatic ring is 1. The molecule has 2 aromatic carbocycles. The van der Waals surface area contributed by atoms with Gasteiger partial charge >= 0.3 is 6.18 Å². The van der Waals surface area contributed by atoms with Crippen LogP contribution in [0.4, 0.5) is 36.3 Å². The minimum Gasteiger partial charge on any atom is -0.369 e. The van der Waals surface area contributed by atoms with E-state index in [1.807, 2.05) is 12.1 Å². The van der Waals surface area contributed by atoms with Crippen LogP contribution in [0.3, 0.4) is 0 Å². The summed E-state index contributed by atoms with van der Waals surface area (Å²) >= 11 is 0. The van der Waals surface area contributed by atoms with Crippen LogP contribution in [-0.2, 0) is 6.18 Å². The van der Waals surface area contributed by atoms with E-state index in [1.54, 1.807) is 36.5 Å². The molecule has 0 aliphatic carbocycles. The number of hydrogen-bond donors (Lipinski definition) is 3.